The zero-order chi connectivity index (χ0) is 19.6. The molecule has 6 nitrogen and oxygen atoms in total. The Kier molecular flexibility index (Phi) is 5.39. The maximum atomic E-state index is 13.9. The number of halogens is 1. The van der Waals surface area contributed by atoms with Gasteiger partial charge in [0.15, 0.2) is 0 Å². The zero-order valence-corrected chi connectivity index (χ0v) is 15.4. The Morgan fingerprint density at radius 1 is 1.00 bits per heavy atom. The average molecular weight is 371 g/mol. The largest absolute Gasteiger partial charge is 0.337 e. The van der Waals surface area contributed by atoms with Crippen LogP contribution in [0.2, 0.25) is 0 Å². The number of hydrogen-bond donors (Lipinski definition) is 1. The highest BCUT2D eigenvalue weighted by Crippen LogP contribution is 2.14. The van der Waals surface area contributed by atoms with Crippen molar-refractivity contribution >= 4 is 11.8 Å². The van der Waals surface area contributed by atoms with Gasteiger partial charge in [-0.1, -0.05) is 12.1 Å². The number of carbonyl (C=O) groups excluding carboxylic acids is 2. The molecule has 1 aliphatic rings. The number of aromatic amines is 1. The van der Waals surface area contributed by atoms with Crippen LogP contribution in [0.1, 0.15) is 38.4 Å². The van der Waals surface area contributed by atoms with Gasteiger partial charge in [0.25, 0.3) is 17.4 Å². The summed E-state index contributed by atoms with van der Waals surface area (Å²) in [5, 5.41) is 0. The third-order valence-electron chi connectivity index (χ3n) is 4.75. The molecule has 1 saturated heterocycles. The number of pyridine rings is 1. The van der Waals surface area contributed by atoms with Gasteiger partial charge in [0, 0.05) is 31.9 Å². The van der Waals surface area contributed by atoms with Gasteiger partial charge < -0.3 is 14.8 Å². The van der Waals surface area contributed by atoms with Crippen molar-refractivity contribution in [2.75, 3.05) is 26.2 Å². The highest BCUT2D eigenvalue weighted by atomic mass is 19.1. The summed E-state index contributed by atoms with van der Waals surface area (Å²) in [7, 11) is 0. The third-order valence-corrected chi connectivity index (χ3v) is 4.75. The van der Waals surface area contributed by atoms with Crippen molar-refractivity contribution in [3.63, 3.8) is 0 Å². The van der Waals surface area contributed by atoms with Crippen molar-refractivity contribution in [2.24, 2.45) is 0 Å². The van der Waals surface area contributed by atoms with E-state index in [1.165, 1.54) is 18.2 Å². The fourth-order valence-electron chi connectivity index (χ4n) is 3.41. The maximum absolute atomic E-state index is 13.9. The first-order chi connectivity index (χ1) is 12.9. The Labute approximate surface area is 156 Å². The molecule has 1 aromatic carbocycles. The minimum absolute atomic E-state index is 0.0306. The molecule has 142 valence electrons. The van der Waals surface area contributed by atoms with Crippen LogP contribution in [-0.2, 0) is 0 Å². The Hall–Kier alpha value is -2.96. The fourth-order valence-corrected chi connectivity index (χ4v) is 3.41. The molecule has 1 N–H and O–H groups in total. The van der Waals surface area contributed by atoms with Crippen LogP contribution in [0.15, 0.2) is 35.1 Å². The first-order valence-electron chi connectivity index (χ1n) is 8.92. The van der Waals surface area contributed by atoms with E-state index in [-0.39, 0.29) is 22.9 Å². The quantitative estimate of drug-likeness (QED) is 0.879. The summed E-state index contributed by atoms with van der Waals surface area (Å²) >= 11 is 0. The Bertz CT molecular complexity index is 938. The standard InChI is InChI=1S/C20H22FN3O3/c1-13-12-14(2)22-18(25)17(13)20(27)24-9-5-8-23(10-11-24)19(26)15-6-3-4-7-16(15)21/h3-4,6-7,12H,5,8-11H2,1-2H3,(H,22,25). The van der Waals surface area contributed by atoms with E-state index in [1.54, 1.807) is 35.8 Å². The summed E-state index contributed by atoms with van der Waals surface area (Å²) in [4.78, 5) is 43.5. The van der Waals surface area contributed by atoms with Gasteiger partial charge in [-0.3, -0.25) is 14.4 Å². The molecule has 0 unspecified atom stereocenters. The highest BCUT2D eigenvalue weighted by Gasteiger charge is 2.26. The van der Waals surface area contributed by atoms with Gasteiger partial charge in [0.2, 0.25) is 0 Å². The van der Waals surface area contributed by atoms with Gasteiger partial charge in [-0.05, 0) is 44.0 Å². The van der Waals surface area contributed by atoms with Crippen LogP contribution in [0.5, 0.6) is 0 Å². The zero-order valence-electron chi connectivity index (χ0n) is 15.4. The maximum Gasteiger partial charge on any atom is 0.261 e. The molecule has 27 heavy (non-hydrogen) atoms. The van der Waals surface area contributed by atoms with Gasteiger partial charge in [-0.15, -0.1) is 0 Å². The number of hydrogen-bond acceptors (Lipinski definition) is 3. The minimum Gasteiger partial charge on any atom is -0.337 e. The number of carbonyl (C=O) groups is 2. The number of rotatable bonds is 2. The van der Waals surface area contributed by atoms with Crippen LogP contribution in [-0.4, -0.2) is 52.8 Å². The number of H-pyrrole nitrogens is 1. The van der Waals surface area contributed by atoms with E-state index in [0.29, 0.717) is 43.9 Å². The molecule has 0 spiro atoms. The van der Waals surface area contributed by atoms with Crippen molar-refractivity contribution in [1.29, 1.82) is 0 Å². The van der Waals surface area contributed by atoms with Crippen LogP contribution in [0, 0.1) is 19.7 Å². The molecule has 3 rings (SSSR count). The lowest BCUT2D eigenvalue weighted by molar-refractivity contribution is 0.0714. The lowest BCUT2D eigenvalue weighted by atomic mass is 10.1. The van der Waals surface area contributed by atoms with Crippen molar-refractivity contribution in [3.8, 4) is 0 Å². The molecule has 0 saturated carbocycles. The molecule has 0 atom stereocenters. The molecular formula is C20H22FN3O3. The van der Waals surface area contributed by atoms with E-state index >= 15 is 0 Å². The van der Waals surface area contributed by atoms with E-state index in [1.807, 2.05) is 0 Å². The summed E-state index contributed by atoms with van der Waals surface area (Å²) in [6.45, 7) is 4.96. The summed E-state index contributed by atoms with van der Waals surface area (Å²) in [5.74, 6) is -1.28. The third kappa shape index (κ3) is 3.92. The molecule has 1 aliphatic heterocycles. The van der Waals surface area contributed by atoms with E-state index in [2.05, 4.69) is 4.98 Å². The van der Waals surface area contributed by atoms with E-state index in [0.717, 1.165) is 0 Å². The molecule has 0 bridgehead atoms. The van der Waals surface area contributed by atoms with E-state index in [4.69, 9.17) is 0 Å². The van der Waals surface area contributed by atoms with Crippen molar-refractivity contribution in [1.82, 2.24) is 14.8 Å². The van der Waals surface area contributed by atoms with E-state index in [9.17, 15) is 18.8 Å². The number of amides is 2. The topological polar surface area (TPSA) is 73.5 Å². The van der Waals surface area contributed by atoms with Crippen molar-refractivity contribution in [2.45, 2.75) is 20.3 Å². The van der Waals surface area contributed by atoms with Crippen LogP contribution in [0.3, 0.4) is 0 Å². The van der Waals surface area contributed by atoms with Gasteiger partial charge in [0.05, 0.1) is 5.56 Å². The lowest BCUT2D eigenvalue weighted by Crippen LogP contribution is -2.39. The van der Waals surface area contributed by atoms with Gasteiger partial charge in [-0.25, -0.2) is 4.39 Å². The summed E-state index contributed by atoms with van der Waals surface area (Å²) < 4.78 is 13.9. The number of nitrogens with one attached hydrogen (secondary N) is 1. The smallest absolute Gasteiger partial charge is 0.261 e. The van der Waals surface area contributed by atoms with Crippen LogP contribution in [0.4, 0.5) is 4.39 Å². The molecule has 2 aromatic rings. The SMILES string of the molecule is Cc1cc(C)c(C(=O)N2CCCN(C(=O)c3ccccc3F)CC2)c(=O)[nH]1. The average Bonchev–Trinajstić information content (AvgIpc) is 2.87. The monoisotopic (exact) mass is 371 g/mol. The molecule has 2 heterocycles. The Morgan fingerprint density at radius 3 is 2.26 bits per heavy atom. The van der Waals surface area contributed by atoms with Crippen molar-refractivity contribution in [3.05, 3.63) is 68.9 Å². The Morgan fingerprint density at radius 2 is 1.63 bits per heavy atom. The molecule has 7 heteroatoms. The molecule has 0 aliphatic carbocycles. The van der Waals surface area contributed by atoms with Gasteiger partial charge in [0.1, 0.15) is 11.4 Å². The molecule has 2 amide bonds. The second-order valence-corrected chi connectivity index (χ2v) is 6.76. The van der Waals surface area contributed by atoms with Crippen LogP contribution < -0.4 is 5.56 Å². The predicted molar refractivity (Wildman–Crippen MR) is 99.4 cm³/mol. The van der Waals surface area contributed by atoms with Gasteiger partial charge >= 0.3 is 0 Å². The fraction of sp³-hybridized carbons (Fsp3) is 0.350. The first-order valence-corrected chi connectivity index (χ1v) is 8.92. The van der Waals surface area contributed by atoms with Crippen LogP contribution in [0.25, 0.3) is 0 Å². The van der Waals surface area contributed by atoms with Gasteiger partial charge in [-0.2, -0.15) is 0 Å². The van der Waals surface area contributed by atoms with E-state index < -0.39 is 11.4 Å². The number of nitrogens with zero attached hydrogens (tertiary/aromatic N) is 2. The molecular weight excluding hydrogens is 349 g/mol. The summed E-state index contributed by atoms with van der Waals surface area (Å²) in [6, 6.07) is 7.64. The summed E-state index contributed by atoms with van der Waals surface area (Å²) in [5.41, 5.74) is 1.09. The van der Waals surface area contributed by atoms with Crippen molar-refractivity contribution < 1.29 is 14.0 Å². The second kappa shape index (κ2) is 7.73. The molecule has 1 fully saturated rings. The normalized spacial score (nSPS) is 14.8. The van der Waals surface area contributed by atoms with Crippen LogP contribution >= 0.6 is 0 Å². The first kappa shape index (κ1) is 18.8. The number of benzene rings is 1. The Balaban J connectivity index is 1.75. The molecule has 1 aromatic heterocycles. The molecule has 0 radical (unpaired) electrons. The summed E-state index contributed by atoms with van der Waals surface area (Å²) in [6.07, 6.45) is 0.564. The highest BCUT2D eigenvalue weighted by molar-refractivity contribution is 5.96. The second-order valence-electron chi connectivity index (χ2n) is 6.76. The number of aryl methyl sites for hydroxylation is 2. The number of aromatic nitrogens is 1. The predicted octanol–water partition coefficient (Wildman–Crippen LogP) is 2.12. The lowest BCUT2D eigenvalue weighted by Gasteiger charge is -2.22. The minimum atomic E-state index is -0.554.